The lowest BCUT2D eigenvalue weighted by Gasteiger charge is -2.53. The van der Waals surface area contributed by atoms with Crippen molar-refractivity contribution in [1.29, 1.82) is 0 Å². The molecule has 0 bridgehead atoms. The summed E-state index contributed by atoms with van der Waals surface area (Å²) in [5.74, 6) is 0.402. The van der Waals surface area contributed by atoms with E-state index in [0.29, 0.717) is 21.5 Å². The van der Waals surface area contributed by atoms with Crippen molar-refractivity contribution in [2.24, 2.45) is 0 Å². The summed E-state index contributed by atoms with van der Waals surface area (Å²) in [6.07, 6.45) is -0.311. The van der Waals surface area contributed by atoms with Gasteiger partial charge in [0.15, 0.2) is 4.34 Å². The van der Waals surface area contributed by atoms with Crippen LogP contribution in [0.25, 0.3) is 10.3 Å². The summed E-state index contributed by atoms with van der Waals surface area (Å²) in [5.41, 5.74) is -0.628. The first-order chi connectivity index (χ1) is 12.4. The Hall–Kier alpha value is -1.06. The molecule has 2 aromatic rings. The molecular formula is C18H24F3N3OS2. The Balaban J connectivity index is 1.76. The molecule has 1 aliphatic heterocycles. The van der Waals surface area contributed by atoms with E-state index in [-0.39, 0.29) is 16.6 Å². The highest BCUT2D eigenvalue weighted by Crippen LogP contribution is 2.38. The van der Waals surface area contributed by atoms with Gasteiger partial charge in [-0.25, -0.2) is 9.97 Å². The lowest BCUT2D eigenvalue weighted by Crippen LogP contribution is -2.59. The Labute approximate surface area is 163 Å². The van der Waals surface area contributed by atoms with Gasteiger partial charge in [0.25, 0.3) is 0 Å². The van der Waals surface area contributed by atoms with Crippen LogP contribution in [-0.4, -0.2) is 42.5 Å². The van der Waals surface area contributed by atoms with Gasteiger partial charge in [-0.2, -0.15) is 13.2 Å². The van der Waals surface area contributed by atoms with Crippen LogP contribution in [0.1, 0.15) is 52.5 Å². The van der Waals surface area contributed by atoms with E-state index in [1.807, 2.05) is 0 Å². The molecule has 2 aromatic heterocycles. The van der Waals surface area contributed by atoms with Crippen LogP contribution in [-0.2, 0) is 17.0 Å². The number of nitrogens with zero attached hydrogens (tertiary/aromatic N) is 3. The van der Waals surface area contributed by atoms with E-state index in [1.165, 1.54) is 6.42 Å². The highest BCUT2D eigenvalue weighted by molar-refractivity contribution is 7.87. The molecule has 9 heteroatoms. The predicted octanol–water partition coefficient (Wildman–Crippen LogP) is 4.86. The van der Waals surface area contributed by atoms with Crippen LogP contribution in [0.15, 0.2) is 16.6 Å². The molecule has 1 atom stereocenters. The molecule has 0 radical (unpaired) electrons. The van der Waals surface area contributed by atoms with Crippen LogP contribution in [0.4, 0.5) is 13.2 Å². The number of halogens is 3. The average Bonchev–Trinajstić information content (AvgIpc) is 2.95. The van der Waals surface area contributed by atoms with E-state index in [9.17, 15) is 17.4 Å². The van der Waals surface area contributed by atoms with E-state index < -0.39 is 22.5 Å². The molecule has 27 heavy (non-hydrogen) atoms. The standard InChI is InChI=1S/C18H24F3N3OS2/c1-16(2)6-5-7-17(3,4)24(16)8-9-27(25)15-23-13-10-12(18(19,20)21)11-22-14(13)26-15/h10-11H,5-9H2,1-4H3. The van der Waals surface area contributed by atoms with Crippen molar-refractivity contribution in [3.63, 3.8) is 0 Å². The fourth-order valence-electron chi connectivity index (χ4n) is 3.97. The van der Waals surface area contributed by atoms with Crippen LogP contribution in [0.2, 0.25) is 0 Å². The zero-order valence-electron chi connectivity index (χ0n) is 15.9. The first-order valence-corrected chi connectivity index (χ1v) is 11.0. The molecule has 4 nitrogen and oxygen atoms in total. The van der Waals surface area contributed by atoms with Crippen LogP contribution >= 0.6 is 11.3 Å². The molecule has 3 heterocycles. The second-order valence-electron chi connectivity index (χ2n) is 8.21. The van der Waals surface area contributed by atoms with Crippen LogP contribution in [0.3, 0.4) is 0 Å². The molecule has 150 valence electrons. The van der Waals surface area contributed by atoms with Gasteiger partial charge in [0.2, 0.25) is 0 Å². The van der Waals surface area contributed by atoms with Gasteiger partial charge in [-0.1, -0.05) is 11.3 Å². The first kappa shape index (κ1) is 20.7. The van der Waals surface area contributed by atoms with E-state index in [2.05, 4.69) is 42.6 Å². The summed E-state index contributed by atoms with van der Waals surface area (Å²) in [6.45, 7) is 9.48. The minimum Gasteiger partial charge on any atom is -0.292 e. The molecule has 0 N–H and O–H groups in total. The molecule has 0 aromatic carbocycles. The maximum absolute atomic E-state index is 12.8. The maximum atomic E-state index is 12.8. The number of thiazole rings is 1. The second-order valence-corrected chi connectivity index (χ2v) is 10.9. The number of piperidine rings is 1. The highest BCUT2D eigenvalue weighted by atomic mass is 32.2. The summed E-state index contributed by atoms with van der Waals surface area (Å²) in [4.78, 5) is 10.8. The maximum Gasteiger partial charge on any atom is 0.417 e. The Morgan fingerprint density at radius 1 is 1.22 bits per heavy atom. The topological polar surface area (TPSA) is 46.1 Å². The zero-order valence-corrected chi connectivity index (χ0v) is 17.5. The van der Waals surface area contributed by atoms with Gasteiger partial charge in [0.1, 0.15) is 10.3 Å². The Morgan fingerprint density at radius 3 is 2.44 bits per heavy atom. The molecule has 0 spiro atoms. The van der Waals surface area contributed by atoms with Crippen LogP contribution in [0, 0.1) is 0 Å². The lowest BCUT2D eigenvalue weighted by molar-refractivity contribution is -0.137. The van der Waals surface area contributed by atoms with Crippen molar-refractivity contribution < 1.29 is 17.4 Å². The van der Waals surface area contributed by atoms with Crippen LogP contribution < -0.4 is 0 Å². The SMILES string of the molecule is CC1(C)CCCC(C)(C)N1CCS(=O)c1nc2cc(C(F)(F)F)cnc2s1. The largest absolute Gasteiger partial charge is 0.417 e. The third kappa shape index (κ3) is 4.35. The Bertz CT molecular complexity index is 845. The molecule has 0 saturated carbocycles. The van der Waals surface area contributed by atoms with Gasteiger partial charge in [0.05, 0.1) is 16.4 Å². The monoisotopic (exact) mass is 419 g/mol. The smallest absolute Gasteiger partial charge is 0.292 e. The molecule has 3 rings (SSSR count). The van der Waals surface area contributed by atoms with Gasteiger partial charge < -0.3 is 0 Å². The van der Waals surface area contributed by atoms with Crippen molar-refractivity contribution in [2.45, 2.75) is 68.6 Å². The third-order valence-corrected chi connectivity index (χ3v) is 7.90. The van der Waals surface area contributed by atoms with Crippen molar-refractivity contribution in [3.8, 4) is 0 Å². The number of aromatic nitrogens is 2. The summed E-state index contributed by atoms with van der Waals surface area (Å²) in [7, 11) is -1.37. The van der Waals surface area contributed by atoms with E-state index in [1.54, 1.807) is 0 Å². The van der Waals surface area contributed by atoms with Gasteiger partial charge in [-0.3, -0.25) is 9.11 Å². The minimum absolute atomic E-state index is 0.0305. The highest BCUT2D eigenvalue weighted by Gasteiger charge is 2.41. The fourth-order valence-corrected chi connectivity index (χ4v) is 6.17. The van der Waals surface area contributed by atoms with Gasteiger partial charge in [0, 0.05) is 29.6 Å². The quantitative estimate of drug-likeness (QED) is 0.710. The number of fused-ring (bicyclic) bond motifs is 1. The molecule has 1 saturated heterocycles. The van der Waals surface area contributed by atoms with Crippen molar-refractivity contribution in [3.05, 3.63) is 17.8 Å². The van der Waals surface area contributed by atoms with Crippen molar-refractivity contribution >= 4 is 32.5 Å². The number of pyridine rings is 1. The van der Waals surface area contributed by atoms with Crippen molar-refractivity contribution in [1.82, 2.24) is 14.9 Å². The van der Waals surface area contributed by atoms with Gasteiger partial charge in [-0.15, -0.1) is 0 Å². The second kappa shape index (κ2) is 7.08. The van der Waals surface area contributed by atoms with Crippen LogP contribution in [0.5, 0.6) is 0 Å². The molecular weight excluding hydrogens is 395 g/mol. The summed E-state index contributed by atoms with van der Waals surface area (Å²) >= 11 is 1.10. The van der Waals surface area contributed by atoms with Gasteiger partial charge >= 0.3 is 6.18 Å². The van der Waals surface area contributed by atoms with Gasteiger partial charge in [-0.05, 0) is 53.0 Å². The number of likely N-dealkylation sites (tertiary alicyclic amines) is 1. The normalized spacial score (nSPS) is 21.4. The minimum atomic E-state index is -4.46. The predicted molar refractivity (Wildman–Crippen MR) is 102 cm³/mol. The zero-order chi connectivity index (χ0) is 20.0. The Morgan fingerprint density at radius 2 is 1.85 bits per heavy atom. The number of rotatable bonds is 4. The third-order valence-electron chi connectivity index (χ3n) is 5.29. The number of alkyl halides is 3. The molecule has 0 amide bonds. The fraction of sp³-hybridized carbons (Fsp3) is 0.667. The van der Waals surface area contributed by atoms with E-state index in [4.69, 9.17) is 0 Å². The molecule has 1 fully saturated rings. The average molecular weight is 420 g/mol. The summed E-state index contributed by atoms with van der Waals surface area (Å²) in [5, 5.41) is 0. The Kier molecular flexibility index (Phi) is 5.42. The summed E-state index contributed by atoms with van der Waals surface area (Å²) in [6, 6.07) is 0.969. The molecule has 1 aliphatic rings. The van der Waals surface area contributed by atoms with E-state index in [0.717, 1.165) is 36.4 Å². The van der Waals surface area contributed by atoms with E-state index >= 15 is 0 Å². The molecule has 1 unspecified atom stereocenters. The summed E-state index contributed by atoms with van der Waals surface area (Å²) < 4.78 is 51.6. The first-order valence-electron chi connectivity index (χ1n) is 8.90. The number of hydrogen-bond donors (Lipinski definition) is 0. The lowest BCUT2D eigenvalue weighted by atomic mass is 9.80. The molecule has 0 aliphatic carbocycles. The number of hydrogen-bond acceptors (Lipinski definition) is 5. The van der Waals surface area contributed by atoms with Crippen molar-refractivity contribution in [2.75, 3.05) is 12.3 Å².